The molecule has 0 amide bonds. The lowest BCUT2D eigenvalue weighted by atomic mass is 10.3. The standard InChI is InChI=1S/C10H11F2N5O2S/c11-8-5-7(13)6-9(10(8)12)20(18,19)15-2-4-17-3-1-14-16-17/h1,3,5-6,15H,2,4,13H2. The molecule has 0 bridgehead atoms. The predicted molar refractivity (Wildman–Crippen MR) is 66.0 cm³/mol. The van der Waals surface area contributed by atoms with E-state index in [1.54, 1.807) is 0 Å². The Morgan fingerprint density at radius 3 is 2.75 bits per heavy atom. The summed E-state index contributed by atoms with van der Waals surface area (Å²) in [7, 11) is -4.20. The third kappa shape index (κ3) is 3.08. The molecular weight excluding hydrogens is 292 g/mol. The second kappa shape index (κ2) is 5.51. The summed E-state index contributed by atoms with van der Waals surface area (Å²) < 4.78 is 53.9. The minimum Gasteiger partial charge on any atom is -0.399 e. The molecule has 3 N–H and O–H groups in total. The molecule has 0 aliphatic carbocycles. The fraction of sp³-hybridized carbons (Fsp3) is 0.200. The zero-order chi connectivity index (χ0) is 14.8. The first-order valence-electron chi connectivity index (χ1n) is 5.48. The van der Waals surface area contributed by atoms with E-state index in [0.717, 1.165) is 6.07 Å². The van der Waals surface area contributed by atoms with Crippen LogP contribution in [0.2, 0.25) is 0 Å². The minimum atomic E-state index is -4.20. The highest BCUT2D eigenvalue weighted by atomic mass is 32.2. The lowest BCUT2D eigenvalue weighted by molar-refractivity contribution is 0.482. The predicted octanol–water partition coefficient (Wildman–Crippen LogP) is 0.117. The minimum absolute atomic E-state index is 0.0540. The van der Waals surface area contributed by atoms with Gasteiger partial charge in [-0.2, -0.15) is 0 Å². The molecule has 0 aliphatic heterocycles. The largest absolute Gasteiger partial charge is 0.399 e. The summed E-state index contributed by atoms with van der Waals surface area (Å²) in [6, 6.07) is 1.57. The number of halogens is 2. The average molecular weight is 303 g/mol. The lowest BCUT2D eigenvalue weighted by Crippen LogP contribution is -2.28. The molecule has 0 aliphatic rings. The molecule has 0 atom stereocenters. The van der Waals surface area contributed by atoms with Crippen molar-refractivity contribution in [2.24, 2.45) is 0 Å². The van der Waals surface area contributed by atoms with Gasteiger partial charge < -0.3 is 5.73 Å². The smallest absolute Gasteiger partial charge is 0.243 e. The van der Waals surface area contributed by atoms with Crippen LogP contribution in [0.25, 0.3) is 0 Å². The van der Waals surface area contributed by atoms with E-state index in [4.69, 9.17) is 5.73 Å². The van der Waals surface area contributed by atoms with Crippen molar-refractivity contribution >= 4 is 15.7 Å². The Labute approximate surface area is 113 Å². The highest BCUT2D eigenvalue weighted by molar-refractivity contribution is 7.89. The molecule has 2 aromatic rings. The van der Waals surface area contributed by atoms with Gasteiger partial charge in [-0.25, -0.2) is 21.9 Å². The van der Waals surface area contributed by atoms with Crippen molar-refractivity contribution in [3.05, 3.63) is 36.2 Å². The molecular formula is C10H11F2N5O2S. The maximum Gasteiger partial charge on any atom is 0.243 e. The highest BCUT2D eigenvalue weighted by Gasteiger charge is 2.22. The molecule has 0 spiro atoms. The number of anilines is 1. The maximum absolute atomic E-state index is 13.5. The van der Waals surface area contributed by atoms with Gasteiger partial charge in [-0.1, -0.05) is 5.21 Å². The molecule has 1 aromatic carbocycles. The van der Waals surface area contributed by atoms with E-state index in [2.05, 4.69) is 15.0 Å². The molecule has 0 saturated heterocycles. The van der Waals surface area contributed by atoms with E-state index in [1.165, 1.54) is 17.1 Å². The van der Waals surface area contributed by atoms with Gasteiger partial charge >= 0.3 is 0 Å². The molecule has 1 aromatic heterocycles. The molecule has 1 heterocycles. The van der Waals surface area contributed by atoms with E-state index in [0.29, 0.717) is 6.07 Å². The molecule has 7 nitrogen and oxygen atoms in total. The molecule has 0 saturated carbocycles. The van der Waals surface area contributed by atoms with Crippen LogP contribution in [-0.2, 0) is 16.6 Å². The molecule has 108 valence electrons. The van der Waals surface area contributed by atoms with Gasteiger partial charge in [0.25, 0.3) is 0 Å². The van der Waals surface area contributed by atoms with E-state index in [-0.39, 0.29) is 18.8 Å². The first kappa shape index (κ1) is 14.3. The summed E-state index contributed by atoms with van der Waals surface area (Å²) in [6.07, 6.45) is 2.97. The zero-order valence-corrected chi connectivity index (χ0v) is 10.9. The number of benzene rings is 1. The Hall–Kier alpha value is -2.07. The molecule has 20 heavy (non-hydrogen) atoms. The van der Waals surface area contributed by atoms with E-state index in [9.17, 15) is 17.2 Å². The first-order valence-corrected chi connectivity index (χ1v) is 6.97. The number of sulfonamides is 1. The van der Waals surface area contributed by atoms with Crippen LogP contribution in [0, 0.1) is 11.6 Å². The number of hydrogen-bond acceptors (Lipinski definition) is 5. The van der Waals surface area contributed by atoms with Gasteiger partial charge in [0.15, 0.2) is 11.6 Å². The summed E-state index contributed by atoms with van der Waals surface area (Å²) >= 11 is 0. The molecule has 0 unspecified atom stereocenters. The van der Waals surface area contributed by atoms with Crippen molar-refractivity contribution in [3.8, 4) is 0 Å². The number of hydrogen-bond donors (Lipinski definition) is 2. The van der Waals surface area contributed by atoms with Gasteiger partial charge in [0, 0.05) is 18.4 Å². The van der Waals surface area contributed by atoms with Crippen molar-refractivity contribution in [2.75, 3.05) is 12.3 Å². The summed E-state index contributed by atoms with van der Waals surface area (Å²) in [5, 5.41) is 7.17. The van der Waals surface area contributed by atoms with Gasteiger partial charge in [-0.05, 0) is 12.1 Å². The van der Waals surface area contributed by atoms with Crippen LogP contribution in [-0.4, -0.2) is 30.0 Å². The third-order valence-corrected chi connectivity index (χ3v) is 3.87. The van der Waals surface area contributed by atoms with Gasteiger partial charge in [0.1, 0.15) is 4.90 Å². The highest BCUT2D eigenvalue weighted by Crippen LogP contribution is 2.20. The zero-order valence-electron chi connectivity index (χ0n) is 10.1. The van der Waals surface area contributed by atoms with E-state index >= 15 is 0 Å². The monoisotopic (exact) mass is 303 g/mol. The van der Waals surface area contributed by atoms with Crippen LogP contribution in [0.1, 0.15) is 0 Å². The van der Waals surface area contributed by atoms with Gasteiger partial charge in [-0.15, -0.1) is 5.10 Å². The number of aromatic nitrogens is 3. The Kier molecular flexibility index (Phi) is 3.95. The van der Waals surface area contributed by atoms with Gasteiger partial charge in [0.2, 0.25) is 10.0 Å². The summed E-state index contributed by atoms with van der Waals surface area (Å²) in [4.78, 5) is -0.825. The van der Waals surface area contributed by atoms with Crippen LogP contribution in [0.15, 0.2) is 29.4 Å². The topological polar surface area (TPSA) is 103 Å². The number of nitrogens with two attached hydrogens (primary N) is 1. The first-order chi connectivity index (χ1) is 9.40. The summed E-state index contributed by atoms with van der Waals surface area (Å²) in [5.74, 6) is -2.78. The van der Waals surface area contributed by atoms with Crippen LogP contribution in [0.3, 0.4) is 0 Å². The van der Waals surface area contributed by atoms with E-state index in [1.807, 2.05) is 0 Å². The quantitative estimate of drug-likeness (QED) is 0.764. The molecule has 0 radical (unpaired) electrons. The summed E-state index contributed by atoms with van der Waals surface area (Å²) in [6.45, 7) is 0.146. The van der Waals surface area contributed by atoms with Crippen molar-refractivity contribution in [3.63, 3.8) is 0 Å². The van der Waals surface area contributed by atoms with Crippen LogP contribution >= 0.6 is 0 Å². The van der Waals surface area contributed by atoms with Gasteiger partial charge in [0.05, 0.1) is 12.7 Å². The maximum atomic E-state index is 13.5. The molecule has 0 fully saturated rings. The average Bonchev–Trinajstić information content (AvgIpc) is 2.86. The van der Waals surface area contributed by atoms with Crippen molar-refractivity contribution in [2.45, 2.75) is 11.4 Å². The van der Waals surface area contributed by atoms with Crippen LogP contribution in [0.4, 0.5) is 14.5 Å². The van der Waals surface area contributed by atoms with Crippen LogP contribution in [0.5, 0.6) is 0 Å². The number of nitrogens with zero attached hydrogens (tertiary/aromatic N) is 3. The number of nitrogens with one attached hydrogen (secondary N) is 1. The Morgan fingerprint density at radius 2 is 2.10 bits per heavy atom. The number of nitrogen functional groups attached to an aromatic ring is 1. The lowest BCUT2D eigenvalue weighted by Gasteiger charge is -2.09. The molecule has 10 heteroatoms. The summed E-state index contributed by atoms with van der Waals surface area (Å²) in [5.41, 5.74) is 5.13. The van der Waals surface area contributed by atoms with Crippen molar-refractivity contribution in [1.82, 2.24) is 19.7 Å². The van der Waals surface area contributed by atoms with Crippen molar-refractivity contribution < 1.29 is 17.2 Å². The Morgan fingerprint density at radius 1 is 1.35 bits per heavy atom. The fourth-order valence-electron chi connectivity index (χ4n) is 1.50. The Bertz CT molecular complexity index is 703. The van der Waals surface area contributed by atoms with Gasteiger partial charge in [-0.3, -0.25) is 4.68 Å². The SMILES string of the molecule is Nc1cc(F)c(F)c(S(=O)(=O)NCCn2ccnn2)c1. The fourth-order valence-corrected chi connectivity index (χ4v) is 2.64. The Balaban J connectivity index is 2.14. The second-order valence-corrected chi connectivity index (χ2v) is 5.61. The number of rotatable bonds is 5. The normalized spacial score (nSPS) is 11.7. The van der Waals surface area contributed by atoms with E-state index < -0.39 is 26.6 Å². The third-order valence-electron chi connectivity index (χ3n) is 2.41. The van der Waals surface area contributed by atoms with Crippen LogP contribution < -0.4 is 10.5 Å². The second-order valence-electron chi connectivity index (χ2n) is 3.88. The van der Waals surface area contributed by atoms with Crippen molar-refractivity contribution in [1.29, 1.82) is 0 Å². The molecule has 2 rings (SSSR count).